The number of carboxylic acid groups (broad SMARTS) is 2. The Morgan fingerprint density at radius 2 is 1.68 bits per heavy atom. The van der Waals surface area contributed by atoms with Crippen LogP contribution in [-0.2, 0) is 4.79 Å². The Morgan fingerprint density at radius 1 is 1.16 bits per heavy atom. The lowest BCUT2D eigenvalue weighted by atomic mass is 9.93. The normalized spacial score (nSPS) is 13.6. The topological polar surface area (TPSA) is 112 Å². The SMILES string of the molecule is CC(Br)C(=O)c1cccc(C(=O)O)c1C(O)C(=O)O. The van der Waals surface area contributed by atoms with Crippen LogP contribution >= 0.6 is 15.9 Å². The number of aromatic carboxylic acids is 1. The number of carbonyl (C=O) groups is 3. The zero-order valence-electron chi connectivity index (χ0n) is 9.83. The van der Waals surface area contributed by atoms with E-state index in [1.54, 1.807) is 0 Å². The first-order chi connectivity index (χ1) is 8.77. The van der Waals surface area contributed by atoms with Crippen LogP contribution in [0.3, 0.4) is 0 Å². The molecule has 0 spiro atoms. The summed E-state index contributed by atoms with van der Waals surface area (Å²) in [5.41, 5.74) is -0.938. The number of hydrogen-bond donors (Lipinski definition) is 3. The van der Waals surface area contributed by atoms with Gasteiger partial charge >= 0.3 is 11.9 Å². The van der Waals surface area contributed by atoms with Gasteiger partial charge in [-0.2, -0.15) is 0 Å². The number of hydrogen-bond acceptors (Lipinski definition) is 4. The molecule has 0 aliphatic heterocycles. The summed E-state index contributed by atoms with van der Waals surface area (Å²) >= 11 is 3.03. The molecule has 19 heavy (non-hydrogen) atoms. The Hall–Kier alpha value is -1.73. The number of rotatable bonds is 5. The van der Waals surface area contributed by atoms with Crippen LogP contribution in [0.1, 0.15) is 39.3 Å². The second-order valence-corrected chi connectivity index (χ2v) is 5.17. The molecule has 0 radical (unpaired) electrons. The van der Waals surface area contributed by atoms with Crippen LogP contribution in [-0.4, -0.2) is 37.9 Å². The molecule has 0 heterocycles. The quantitative estimate of drug-likeness (QED) is 0.556. The summed E-state index contributed by atoms with van der Waals surface area (Å²) in [6.45, 7) is 1.52. The van der Waals surface area contributed by atoms with Crippen LogP contribution in [0.15, 0.2) is 18.2 Å². The van der Waals surface area contributed by atoms with Crippen molar-refractivity contribution >= 4 is 33.7 Å². The fourth-order valence-corrected chi connectivity index (χ4v) is 1.85. The summed E-state index contributed by atoms with van der Waals surface area (Å²) in [5, 5.41) is 27.4. The summed E-state index contributed by atoms with van der Waals surface area (Å²) < 4.78 is 0. The van der Waals surface area contributed by atoms with Gasteiger partial charge in [0, 0.05) is 11.1 Å². The second-order valence-electron chi connectivity index (χ2n) is 3.79. The van der Waals surface area contributed by atoms with Crippen molar-refractivity contribution in [2.24, 2.45) is 0 Å². The van der Waals surface area contributed by atoms with Crippen molar-refractivity contribution in [1.82, 2.24) is 0 Å². The predicted octanol–water partition coefficient (Wildman–Crippen LogP) is 1.47. The third-order valence-corrected chi connectivity index (χ3v) is 2.89. The van der Waals surface area contributed by atoms with E-state index in [1.807, 2.05) is 0 Å². The molecule has 0 fully saturated rings. The number of alkyl halides is 1. The maximum absolute atomic E-state index is 11.9. The van der Waals surface area contributed by atoms with Gasteiger partial charge < -0.3 is 15.3 Å². The minimum absolute atomic E-state index is 0.126. The van der Waals surface area contributed by atoms with Gasteiger partial charge in [-0.1, -0.05) is 28.1 Å². The second kappa shape index (κ2) is 5.94. The van der Waals surface area contributed by atoms with Crippen molar-refractivity contribution in [3.05, 3.63) is 34.9 Å². The highest BCUT2D eigenvalue weighted by atomic mass is 79.9. The molecule has 0 amide bonds. The maximum Gasteiger partial charge on any atom is 0.337 e. The summed E-state index contributed by atoms with van der Waals surface area (Å²) in [4.78, 5) is 33.2. The van der Waals surface area contributed by atoms with Gasteiger partial charge in [0.05, 0.1) is 10.4 Å². The van der Waals surface area contributed by atoms with Gasteiger partial charge in [-0.3, -0.25) is 4.79 Å². The van der Waals surface area contributed by atoms with Gasteiger partial charge in [0.25, 0.3) is 0 Å². The Kier molecular flexibility index (Phi) is 4.79. The van der Waals surface area contributed by atoms with Gasteiger partial charge in [0.1, 0.15) is 0 Å². The number of aliphatic carboxylic acids is 1. The highest BCUT2D eigenvalue weighted by molar-refractivity contribution is 9.10. The summed E-state index contributed by atoms with van der Waals surface area (Å²) in [6.07, 6.45) is -2.07. The van der Waals surface area contributed by atoms with E-state index in [4.69, 9.17) is 10.2 Å². The van der Waals surface area contributed by atoms with Crippen LogP contribution in [0, 0.1) is 0 Å². The van der Waals surface area contributed by atoms with Crippen molar-refractivity contribution in [3.8, 4) is 0 Å². The Morgan fingerprint density at radius 3 is 2.11 bits per heavy atom. The van der Waals surface area contributed by atoms with Gasteiger partial charge in [-0.05, 0) is 13.0 Å². The lowest BCUT2D eigenvalue weighted by molar-refractivity contribution is -0.146. The first-order valence-corrected chi connectivity index (χ1v) is 6.14. The average molecular weight is 331 g/mol. The highest BCUT2D eigenvalue weighted by Crippen LogP contribution is 2.25. The summed E-state index contributed by atoms with van der Waals surface area (Å²) in [7, 11) is 0. The number of aliphatic hydroxyl groups excluding tert-OH is 1. The highest BCUT2D eigenvalue weighted by Gasteiger charge is 2.29. The average Bonchev–Trinajstić information content (AvgIpc) is 2.35. The minimum Gasteiger partial charge on any atom is -0.479 e. The van der Waals surface area contributed by atoms with Crippen molar-refractivity contribution < 1.29 is 29.7 Å². The van der Waals surface area contributed by atoms with Crippen LogP contribution in [0.2, 0.25) is 0 Å². The molecular formula is C12H11BrO6. The molecule has 0 aromatic heterocycles. The van der Waals surface area contributed by atoms with Gasteiger partial charge in [-0.25, -0.2) is 9.59 Å². The predicted molar refractivity (Wildman–Crippen MR) is 68.7 cm³/mol. The molecule has 3 N–H and O–H groups in total. The molecule has 0 bridgehead atoms. The van der Waals surface area contributed by atoms with Gasteiger partial charge in [0.15, 0.2) is 11.9 Å². The molecule has 0 saturated heterocycles. The molecule has 0 saturated carbocycles. The third-order valence-electron chi connectivity index (χ3n) is 2.47. The van der Waals surface area contributed by atoms with Crippen molar-refractivity contribution in [3.63, 3.8) is 0 Å². The molecule has 2 unspecified atom stereocenters. The van der Waals surface area contributed by atoms with E-state index in [0.29, 0.717) is 0 Å². The number of Topliss-reactive ketones (excluding diaryl/α,β-unsaturated/α-hetero) is 1. The van der Waals surface area contributed by atoms with E-state index in [9.17, 15) is 19.5 Å². The molecule has 0 aliphatic rings. The lowest BCUT2D eigenvalue weighted by Crippen LogP contribution is -2.21. The molecule has 0 aliphatic carbocycles. The molecule has 6 nitrogen and oxygen atoms in total. The van der Waals surface area contributed by atoms with Crippen LogP contribution < -0.4 is 0 Å². The number of ketones is 1. The minimum atomic E-state index is -2.07. The number of halogens is 1. The first kappa shape index (κ1) is 15.3. The standard InChI is InChI=1S/C12H11BrO6/c1-5(13)9(14)6-3-2-4-7(11(16)17)8(6)10(15)12(18)19/h2-5,10,15H,1H3,(H,16,17)(H,18,19). The number of carbonyl (C=O) groups excluding carboxylic acids is 1. The largest absolute Gasteiger partial charge is 0.479 e. The van der Waals surface area contributed by atoms with E-state index < -0.39 is 39.8 Å². The van der Waals surface area contributed by atoms with E-state index in [2.05, 4.69) is 15.9 Å². The molecule has 1 rings (SSSR count). The fraction of sp³-hybridized carbons (Fsp3) is 0.250. The number of benzene rings is 1. The third kappa shape index (κ3) is 3.18. The zero-order valence-corrected chi connectivity index (χ0v) is 11.4. The van der Waals surface area contributed by atoms with Crippen LogP contribution in [0.25, 0.3) is 0 Å². The lowest BCUT2D eigenvalue weighted by Gasteiger charge is -2.15. The Bertz CT molecular complexity index is 537. The molecule has 1 aromatic rings. The molecule has 7 heteroatoms. The molecule has 102 valence electrons. The van der Waals surface area contributed by atoms with Crippen molar-refractivity contribution in [1.29, 1.82) is 0 Å². The first-order valence-electron chi connectivity index (χ1n) is 5.22. The number of aliphatic hydroxyl groups is 1. The van der Waals surface area contributed by atoms with E-state index in [-0.39, 0.29) is 5.56 Å². The molecular weight excluding hydrogens is 320 g/mol. The van der Waals surface area contributed by atoms with Crippen molar-refractivity contribution in [2.75, 3.05) is 0 Å². The van der Waals surface area contributed by atoms with Gasteiger partial charge in [0.2, 0.25) is 0 Å². The van der Waals surface area contributed by atoms with E-state index >= 15 is 0 Å². The van der Waals surface area contributed by atoms with Crippen molar-refractivity contribution in [2.45, 2.75) is 17.9 Å². The van der Waals surface area contributed by atoms with E-state index in [1.165, 1.54) is 19.1 Å². The smallest absolute Gasteiger partial charge is 0.337 e. The van der Waals surface area contributed by atoms with E-state index in [0.717, 1.165) is 6.07 Å². The Balaban J connectivity index is 3.55. The monoisotopic (exact) mass is 330 g/mol. The van der Waals surface area contributed by atoms with Crippen LogP contribution in [0.5, 0.6) is 0 Å². The summed E-state index contributed by atoms with van der Waals surface area (Å²) in [5.74, 6) is -3.53. The van der Waals surface area contributed by atoms with Gasteiger partial charge in [-0.15, -0.1) is 0 Å². The summed E-state index contributed by atoms with van der Waals surface area (Å²) in [6, 6.07) is 3.75. The Labute approximate surface area is 116 Å². The molecule has 1 aromatic carbocycles. The number of carboxylic acids is 2. The maximum atomic E-state index is 11.9. The molecule has 2 atom stereocenters. The fourth-order valence-electron chi connectivity index (χ4n) is 1.60. The van der Waals surface area contributed by atoms with Crippen LogP contribution in [0.4, 0.5) is 0 Å². The zero-order chi connectivity index (χ0) is 14.7.